The minimum atomic E-state index is 0.566. The van der Waals surface area contributed by atoms with Crippen LogP contribution < -0.4 is 20.3 Å². The SMILES string of the molecule is CN=C(NCc1ccccc1-n1nc(C)cc1C)NCC1CCN(c2cccc(OC)c2)C1. The van der Waals surface area contributed by atoms with Gasteiger partial charge in [0.1, 0.15) is 5.75 Å². The molecule has 0 aliphatic carbocycles. The third kappa shape index (κ3) is 5.48. The molecule has 2 aromatic carbocycles. The molecule has 7 nitrogen and oxygen atoms in total. The second kappa shape index (κ2) is 10.4. The molecule has 0 amide bonds. The van der Waals surface area contributed by atoms with Crippen molar-refractivity contribution in [2.75, 3.05) is 38.7 Å². The summed E-state index contributed by atoms with van der Waals surface area (Å²) in [6, 6.07) is 18.8. The number of ether oxygens (including phenoxy) is 1. The molecule has 1 atom stereocenters. The van der Waals surface area contributed by atoms with E-state index in [2.05, 4.69) is 81.1 Å². The number of methoxy groups -OCH3 is 1. The predicted molar refractivity (Wildman–Crippen MR) is 135 cm³/mol. The van der Waals surface area contributed by atoms with E-state index in [-0.39, 0.29) is 0 Å². The van der Waals surface area contributed by atoms with Crippen LogP contribution in [-0.4, -0.2) is 49.5 Å². The average Bonchev–Trinajstić information content (AvgIpc) is 3.45. The van der Waals surface area contributed by atoms with Crippen LogP contribution in [0.15, 0.2) is 59.6 Å². The monoisotopic (exact) mass is 446 g/mol. The third-order valence-electron chi connectivity index (χ3n) is 6.16. The Morgan fingerprint density at radius 2 is 1.97 bits per heavy atom. The first-order valence-electron chi connectivity index (χ1n) is 11.5. The zero-order valence-electron chi connectivity index (χ0n) is 20.0. The number of anilines is 1. The fourth-order valence-electron chi connectivity index (χ4n) is 4.42. The summed E-state index contributed by atoms with van der Waals surface area (Å²) in [5, 5.41) is 11.6. The van der Waals surface area contributed by atoms with Crippen molar-refractivity contribution < 1.29 is 4.74 Å². The Morgan fingerprint density at radius 1 is 1.12 bits per heavy atom. The zero-order chi connectivity index (χ0) is 23.2. The number of aromatic nitrogens is 2. The Bertz CT molecular complexity index is 1110. The summed E-state index contributed by atoms with van der Waals surface area (Å²) in [5.74, 6) is 2.29. The van der Waals surface area contributed by atoms with Gasteiger partial charge in [-0.2, -0.15) is 5.10 Å². The van der Waals surface area contributed by atoms with Gasteiger partial charge in [-0.1, -0.05) is 24.3 Å². The van der Waals surface area contributed by atoms with Crippen LogP contribution >= 0.6 is 0 Å². The summed E-state index contributed by atoms with van der Waals surface area (Å²) >= 11 is 0. The van der Waals surface area contributed by atoms with Crippen LogP contribution in [0.25, 0.3) is 5.69 Å². The maximum atomic E-state index is 5.37. The number of para-hydroxylation sites is 1. The quantitative estimate of drug-likeness (QED) is 0.428. The maximum Gasteiger partial charge on any atom is 0.191 e. The van der Waals surface area contributed by atoms with Crippen LogP contribution in [0.3, 0.4) is 0 Å². The van der Waals surface area contributed by atoms with Gasteiger partial charge < -0.3 is 20.3 Å². The average molecular weight is 447 g/mol. The minimum Gasteiger partial charge on any atom is -0.497 e. The summed E-state index contributed by atoms with van der Waals surface area (Å²) < 4.78 is 7.38. The molecule has 7 heteroatoms. The van der Waals surface area contributed by atoms with Gasteiger partial charge in [-0.25, -0.2) is 4.68 Å². The van der Waals surface area contributed by atoms with Gasteiger partial charge in [-0.05, 0) is 56.0 Å². The third-order valence-corrected chi connectivity index (χ3v) is 6.16. The van der Waals surface area contributed by atoms with Crippen molar-refractivity contribution in [2.24, 2.45) is 10.9 Å². The molecule has 1 aliphatic heterocycles. The van der Waals surface area contributed by atoms with Crippen LogP contribution in [0, 0.1) is 19.8 Å². The number of hydrogen-bond acceptors (Lipinski definition) is 4. The Kier molecular flexibility index (Phi) is 7.17. The van der Waals surface area contributed by atoms with Crippen LogP contribution in [0.5, 0.6) is 5.75 Å². The van der Waals surface area contributed by atoms with Crippen molar-refractivity contribution in [3.8, 4) is 11.4 Å². The van der Waals surface area contributed by atoms with Gasteiger partial charge in [0.2, 0.25) is 0 Å². The summed E-state index contributed by atoms with van der Waals surface area (Å²) in [4.78, 5) is 6.86. The summed E-state index contributed by atoms with van der Waals surface area (Å²) in [6.07, 6.45) is 1.15. The van der Waals surface area contributed by atoms with E-state index in [0.29, 0.717) is 12.5 Å². The normalized spacial score (nSPS) is 16.2. The Balaban J connectivity index is 1.32. The standard InChI is InChI=1S/C26H34N6O/c1-19-14-20(2)32(30-19)25-11-6-5-8-22(25)17-29-26(27-3)28-16-21-12-13-31(18-21)23-9-7-10-24(15-23)33-4/h5-11,14-15,21H,12-13,16-18H2,1-4H3,(H2,27,28,29). The van der Waals surface area contributed by atoms with Crippen molar-refractivity contribution in [2.45, 2.75) is 26.8 Å². The summed E-state index contributed by atoms with van der Waals surface area (Å²) in [7, 11) is 3.53. The molecule has 1 aromatic heterocycles. The van der Waals surface area contributed by atoms with Gasteiger partial charge in [0.05, 0.1) is 18.5 Å². The molecule has 33 heavy (non-hydrogen) atoms. The van der Waals surface area contributed by atoms with E-state index in [1.54, 1.807) is 7.11 Å². The molecule has 174 valence electrons. The first-order chi connectivity index (χ1) is 16.1. The highest BCUT2D eigenvalue weighted by Crippen LogP contribution is 2.26. The molecule has 3 aromatic rings. The predicted octanol–water partition coefficient (Wildman–Crippen LogP) is 3.69. The van der Waals surface area contributed by atoms with Crippen LogP contribution in [0.2, 0.25) is 0 Å². The highest BCUT2D eigenvalue weighted by molar-refractivity contribution is 5.79. The number of hydrogen-bond donors (Lipinski definition) is 2. The summed E-state index contributed by atoms with van der Waals surface area (Å²) in [6.45, 7) is 7.75. The number of guanidine groups is 1. The minimum absolute atomic E-state index is 0.566. The lowest BCUT2D eigenvalue weighted by molar-refractivity contribution is 0.415. The van der Waals surface area contributed by atoms with E-state index in [9.17, 15) is 0 Å². The lowest BCUT2D eigenvalue weighted by atomic mass is 10.1. The van der Waals surface area contributed by atoms with Crippen molar-refractivity contribution in [1.29, 1.82) is 0 Å². The molecule has 1 saturated heterocycles. The van der Waals surface area contributed by atoms with E-state index < -0.39 is 0 Å². The van der Waals surface area contributed by atoms with Crippen molar-refractivity contribution in [3.63, 3.8) is 0 Å². The summed E-state index contributed by atoms with van der Waals surface area (Å²) in [5.41, 5.74) is 5.64. The fourth-order valence-corrected chi connectivity index (χ4v) is 4.42. The molecular weight excluding hydrogens is 412 g/mol. The van der Waals surface area contributed by atoms with Crippen molar-refractivity contribution in [1.82, 2.24) is 20.4 Å². The lowest BCUT2D eigenvalue weighted by Crippen LogP contribution is -2.40. The van der Waals surface area contributed by atoms with E-state index in [1.807, 2.05) is 24.7 Å². The second-order valence-corrected chi connectivity index (χ2v) is 8.58. The molecular formula is C26H34N6O. The smallest absolute Gasteiger partial charge is 0.191 e. The molecule has 1 aliphatic rings. The maximum absolute atomic E-state index is 5.37. The van der Waals surface area contributed by atoms with Gasteiger partial charge in [-0.15, -0.1) is 0 Å². The van der Waals surface area contributed by atoms with Crippen LogP contribution in [-0.2, 0) is 6.54 Å². The molecule has 0 spiro atoms. The van der Waals surface area contributed by atoms with Crippen molar-refractivity contribution in [3.05, 3.63) is 71.5 Å². The van der Waals surface area contributed by atoms with Crippen LogP contribution in [0.4, 0.5) is 5.69 Å². The van der Waals surface area contributed by atoms with E-state index in [0.717, 1.165) is 54.8 Å². The molecule has 0 radical (unpaired) electrons. The Hall–Kier alpha value is -3.48. The van der Waals surface area contributed by atoms with E-state index in [4.69, 9.17) is 4.74 Å². The molecule has 0 saturated carbocycles. The number of aryl methyl sites for hydroxylation is 2. The van der Waals surface area contributed by atoms with Crippen LogP contribution in [0.1, 0.15) is 23.4 Å². The largest absolute Gasteiger partial charge is 0.497 e. The second-order valence-electron chi connectivity index (χ2n) is 8.58. The van der Waals surface area contributed by atoms with Crippen molar-refractivity contribution >= 4 is 11.6 Å². The van der Waals surface area contributed by atoms with E-state index in [1.165, 1.54) is 11.3 Å². The Morgan fingerprint density at radius 3 is 2.73 bits per heavy atom. The fraction of sp³-hybridized carbons (Fsp3) is 0.385. The van der Waals surface area contributed by atoms with Gasteiger partial charge in [0, 0.05) is 50.7 Å². The molecule has 2 N–H and O–H groups in total. The van der Waals surface area contributed by atoms with Gasteiger partial charge in [-0.3, -0.25) is 4.99 Å². The first-order valence-corrected chi connectivity index (χ1v) is 11.5. The van der Waals surface area contributed by atoms with Gasteiger partial charge >= 0.3 is 0 Å². The van der Waals surface area contributed by atoms with Gasteiger partial charge in [0.25, 0.3) is 0 Å². The number of rotatable bonds is 7. The molecule has 4 rings (SSSR count). The number of nitrogens with zero attached hydrogens (tertiary/aromatic N) is 4. The Labute approximate surface area is 196 Å². The van der Waals surface area contributed by atoms with E-state index >= 15 is 0 Å². The molecule has 0 bridgehead atoms. The topological polar surface area (TPSA) is 66.7 Å². The lowest BCUT2D eigenvalue weighted by Gasteiger charge is -2.20. The molecule has 1 fully saturated rings. The highest BCUT2D eigenvalue weighted by atomic mass is 16.5. The highest BCUT2D eigenvalue weighted by Gasteiger charge is 2.23. The van der Waals surface area contributed by atoms with Gasteiger partial charge in [0.15, 0.2) is 5.96 Å². The number of benzene rings is 2. The molecule has 1 unspecified atom stereocenters. The number of aliphatic imine (C=N–C) groups is 1. The zero-order valence-corrected chi connectivity index (χ0v) is 20.0. The number of nitrogens with one attached hydrogen (secondary N) is 2. The first kappa shape index (κ1) is 22.7. The molecule has 2 heterocycles.